The lowest BCUT2D eigenvalue weighted by atomic mass is 10.2. The highest BCUT2D eigenvalue weighted by molar-refractivity contribution is 7.89. The minimum atomic E-state index is -3.05. The van der Waals surface area contributed by atoms with Crippen molar-refractivity contribution in [3.8, 4) is 0 Å². The lowest BCUT2D eigenvalue weighted by Crippen LogP contribution is -2.36. The summed E-state index contributed by atoms with van der Waals surface area (Å²) < 4.78 is 25.3. The molecule has 0 aromatic carbocycles. The highest BCUT2D eigenvalue weighted by Gasteiger charge is 2.20. The van der Waals surface area contributed by atoms with Gasteiger partial charge in [-0.05, 0) is 25.9 Å². The van der Waals surface area contributed by atoms with E-state index >= 15 is 0 Å². The molecule has 0 unspecified atom stereocenters. The van der Waals surface area contributed by atoms with Crippen LogP contribution in [0.2, 0.25) is 0 Å². The Hall–Kier alpha value is -0.130. The molecule has 0 aromatic rings. The fourth-order valence-corrected chi connectivity index (χ4v) is 3.09. The molecule has 0 aliphatic carbocycles. The van der Waals surface area contributed by atoms with Gasteiger partial charge in [0.2, 0.25) is 10.0 Å². The largest absolute Gasteiger partial charge is 0.320 e. The first kappa shape index (κ1) is 14.9. The van der Waals surface area contributed by atoms with Crippen molar-refractivity contribution in [1.82, 2.24) is 9.62 Å². The monoisotopic (exact) mass is 236 g/mol. The summed E-state index contributed by atoms with van der Waals surface area (Å²) in [5, 5.41) is 2.96. The summed E-state index contributed by atoms with van der Waals surface area (Å²) in [4.78, 5) is 0. The zero-order valence-electron chi connectivity index (χ0n) is 10.3. The van der Waals surface area contributed by atoms with Crippen LogP contribution in [0.15, 0.2) is 0 Å². The molecule has 0 fully saturated rings. The van der Waals surface area contributed by atoms with Crippen LogP contribution in [0.4, 0.5) is 0 Å². The number of nitrogens with one attached hydrogen (secondary N) is 1. The van der Waals surface area contributed by atoms with Gasteiger partial charge in [0, 0.05) is 13.1 Å². The lowest BCUT2D eigenvalue weighted by Gasteiger charge is -2.22. The van der Waals surface area contributed by atoms with Gasteiger partial charge in [0.25, 0.3) is 0 Å². The van der Waals surface area contributed by atoms with Crippen LogP contribution in [0.1, 0.15) is 27.2 Å². The maximum Gasteiger partial charge on any atom is 0.214 e. The Labute approximate surface area is 94.1 Å². The predicted molar refractivity (Wildman–Crippen MR) is 64.4 cm³/mol. The average molecular weight is 236 g/mol. The predicted octanol–water partition coefficient (Wildman–Crippen LogP) is 0.904. The number of hydrogen-bond acceptors (Lipinski definition) is 3. The molecule has 4 nitrogen and oxygen atoms in total. The minimum Gasteiger partial charge on any atom is -0.320 e. The van der Waals surface area contributed by atoms with E-state index in [9.17, 15) is 8.42 Å². The maximum atomic E-state index is 11.9. The summed E-state index contributed by atoms with van der Waals surface area (Å²) >= 11 is 0. The van der Waals surface area contributed by atoms with Gasteiger partial charge in [0.15, 0.2) is 0 Å². The van der Waals surface area contributed by atoms with Crippen molar-refractivity contribution < 1.29 is 8.42 Å². The van der Waals surface area contributed by atoms with Crippen molar-refractivity contribution in [3.63, 3.8) is 0 Å². The van der Waals surface area contributed by atoms with Gasteiger partial charge in [-0.1, -0.05) is 20.8 Å². The van der Waals surface area contributed by atoms with Crippen LogP contribution in [0.3, 0.4) is 0 Å². The van der Waals surface area contributed by atoms with E-state index in [1.807, 2.05) is 27.8 Å². The SMILES string of the molecule is CCN(CC(C)C)S(=O)(=O)CCCNC. The zero-order chi connectivity index (χ0) is 11.9. The van der Waals surface area contributed by atoms with Crippen LogP contribution >= 0.6 is 0 Å². The van der Waals surface area contributed by atoms with Crippen molar-refractivity contribution in [2.24, 2.45) is 5.92 Å². The first-order valence-electron chi connectivity index (χ1n) is 5.56. The van der Waals surface area contributed by atoms with Crippen LogP contribution in [0.25, 0.3) is 0 Å². The third-order valence-electron chi connectivity index (χ3n) is 2.14. The van der Waals surface area contributed by atoms with E-state index in [0.29, 0.717) is 25.4 Å². The molecular weight excluding hydrogens is 212 g/mol. The van der Waals surface area contributed by atoms with E-state index in [1.165, 1.54) is 0 Å². The van der Waals surface area contributed by atoms with E-state index in [1.54, 1.807) is 4.31 Å². The molecule has 0 heterocycles. The highest BCUT2D eigenvalue weighted by atomic mass is 32.2. The van der Waals surface area contributed by atoms with Crippen LogP contribution < -0.4 is 5.32 Å². The Kier molecular flexibility index (Phi) is 7.13. The van der Waals surface area contributed by atoms with Gasteiger partial charge in [-0.15, -0.1) is 0 Å². The second-order valence-electron chi connectivity index (χ2n) is 4.12. The number of sulfonamides is 1. The van der Waals surface area contributed by atoms with Crippen LogP contribution in [-0.4, -0.2) is 45.2 Å². The summed E-state index contributed by atoms with van der Waals surface area (Å²) in [5.41, 5.74) is 0. The lowest BCUT2D eigenvalue weighted by molar-refractivity contribution is 0.380. The molecule has 0 aromatic heterocycles. The molecule has 5 heteroatoms. The molecule has 0 radical (unpaired) electrons. The topological polar surface area (TPSA) is 49.4 Å². The third-order valence-corrected chi connectivity index (χ3v) is 4.14. The summed E-state index contributed by atoms with van der Waals surface area (Å²) in [6.07, 6.45) is 0.674. The Morgan fingerprint density at radius 2 is 1.93 bits per heavy atom. The van der Waals surface area contributed by atoms with Crippen molar-refractivity contribution in [3.05, 3.63) is 0 Å². The fraction of sp³-hybridized carbons (Fsp3) is 1.00. The van der Waals surface area contributed by atoms with Crippen LogP contribution in [0, 0.1) is 5.92 Å². The summed E-state index contributed by atoms with van der Waals surface area (Å²) in [7, 11) is -1.21. The van der Waals surface area contributed by atoms with Gasteiger partial charge in [0.05, 0.1) is 5.75 Å². The third kappa shape index (κ3) is 6.12. The molecule has 0 rings (SSSR count). The van der Waals surface area contributed by atoms with Gasteiger partial charge in [0.1, 0.15) is 0 Å². The standard InChI is InChI=1S/C10H24N2O2S/c1-5-12(9-10(2)3)15(13,14)8-6-7-11-4/h10-11H,5-9H2,1-4H3. The summed E-state index contributed by atoms with van der Waals surface area (Å²) in [5.74, 6) is 0.623. The Morgan fingerprint density at radius 3 is 2.33 bits per heavy atom. The molecular formula is C10H24N2O2S. The maximum absolute atomic E-state index is 11.9. The van der Waals surface area contributed by atoms with E-state index in [0.717, 1.165) is 6.54 Å². The van der Waals surface area contributed by atoms with Crippen LogP contribution in [-0.2, 0) is 10.0 Å². The number of hydrogen-bond donors (Lipinski definition) is 1. The van der Waals surface area contributed by atoms with Gasteiger partial charge >= 0.3 is 0 Å². The minimum absolute atomic E-state index is 0.244. The summed E-state index contributed by atoms with van der Waals surface area (Å²) in [6, 6.07) is 0. The molecule has 15 heavy (non-hydrogen) atoms. The average Bonchev–Trinajstić information content (AvgIpc) is 2.14. The van der Waals surface area contributed by atoms with Gasteiger partial charge in [-0.2, -0.15) is 0 Å². The summed E-state index contributed by atoms with van der Waals surface area (Å²) in [6.45, 7) is 7.90. The Bertz CT molecular complexity index is 250. The molecule has 0 aliphatic heterocycles. The van der Waals surface area contributed by atoms with E-state index in [2.05, 4.69) is 5.32 Å². The van der Waals surface area contributed by atoms with Gasteiger partial charge < -0.3 is 5.32 Å². The molecule has 92 valence electrons. The van der Waals surface area contributed by atoms with Gasteiger partial charge in [-0.3, -0.25) is 0 Å². The molecule has 0 aliphatic rings. The first-order valence-corrected chi connectivity index (χ1v) is 7.17. The quantitative estimate of drug-likeness (QED) is 0.637. The molecule has 0 saturated heterocycles. The fourth-order valence-electron chi connectivity index (χ4n) is 1.41. The highest BCUT2D eigenvalue weighted by Crippen LogP contribution is 2.06. The van der Waals surface area contributed by atoms with E-state index in [-0.39, 0.29) is 5.75 Å². The van der Waals surface area contributed by atoms with Crippen molar-refractivity contribution in [2.45, 2.75) is 27.2 Å². The molecule has 0 saturated carbocycles. The molecule has 1 N–H and O–H groups in total. The molecule has 0 bridgehead atoms. The number of rotatable bonds is 8. The zero-order valence-corrected chi connectivity index (χ0v) is 11.1. The van der Waals surface area contributed by atoms with Crippen molar-refractivity contribution >= 4 is 10.0 Å². The van der Waals surface area contributed by atoms with Gasteiger partial charge in [-0.25, -0.2) is 12.7 Å². The Balaban J connectivity index is 4.26. The number of nitrogens with zero attached hydrogens (tertiary/aromatic N) is 1. The van der Waals surface area contributed by atoms with Crippen molar-refractivity contribution in [1.29, 1.82) is 0 Å². The molecule has 0 spiro atoms. The van der Waals surface area contributed by atoms with Crippen molar-refractivity contribution in [2.75, 3.05) is 32.4 Å². The van der Waals surface area contributed by atoms with E-state index in [4.69, 9.17) is 0 Å². The molecule has 0 atom stereocenters. The van der Waals surface area contributed by atoms with E-state index < -0.39 is 10.0 Å². The normalized spacial score (nSPS) is 12.7. The Morgan fingerprint density at radius 1 is 1.33 bits per heavy atom. The first-order chi connectivity index (χ1) is 6.94. The smallest absolute Gasteiger partial charge is 0.214 e. The second kappa shape index (κ2) is 7.19. The second-order valence-corrected chi connectivity index (χ2v) is 6.21. The van der Waals surface area contributed by atoms with Crippen LogP contribution in [0.5, 0.6) is 0 Å². The molecule has 0 amide bonds.